The second-order valence-corrected chi connectivity index (χ2v) is 6.96. The Hall–Kier alpha value is -1.68. The zero-order valence-corrected chi connectivity index (χ0v) is 14.5. The minimum Gasteiger partial charge on any atom is -0.259 e. The molecule has 0 unspecified atom stereocenters. The lowest BCUT2D eigenvalue weighted by molar-refractivity contribution is -0.137. The van der Waals surface area contributed by atoms with Crippen LogP contribution in [0.15, 0.2) is 41.4 Å². The van der Waals surface area contributed by atoms with E-state index in [-0.39, 0.29) is 22.0 Å². The lowest BCUT2D eigenvalue weighted by Crippen LogP contribution is -2.19. The van der Waals surface area contributed by atoms with E-state index < -0.39 is 21.9 Å². The molecule has 0 fully saturated rings. The van der Waals surface area contributed by atoms with Gasteiger partial charge < -0.3 is 0 Å². The van der Waals surface area contributed by atoms with Gasteiger partial charge in [0.15, 0.2) is 0 Å². The number of alkyl halides is 3. The second kappa shape index (κ2) is 7.69. The number of nitrogens with one attached hydrogen (secondary N) is 1. The van der Waals surface area contributed by atoms with E-state index in [1.54, 1.807) is 6.92 Å². The maximum absolute atomic E-state index is 12.6. The molecular weight excluding hydrogens is 381 g/mol. The molecule has 1 aromatic heterocycles. The molecule has 0 bridgehead atoms. The highest BCUT2D eigenvalue weighted by atomic mass is 35.5. The number of halogens is 4. The molecule has 2 aromatic rings. The van der Waals surface area contributed by atoms with Gasteiger partial charge in [-0.1, -0.05) is 30.7 Å². The molecule has 5 nitrogen and oxygen atoms in total. The van der Waals surface area contributed by atoms with Crippen LogP contribution in [0.25, 0.3) is 0 Å². The van der Waals surface area contributed by atoms with Crippen LogP contribution < -0.4 is 5.48 Å². The smallest absolute Gasteiger partial charge is 0.259 e. The molecule has 25 heavy (non-hydrogen) atoms. The number of hydrogen-bond acceptors (Lipinski definition) is 5. The molecule has 0 aliphatic heterocycles. The predicted octanol–water partition coefficient (Wildman–Crippen LogP) is 3.57. The lowest BCUT2D eigenvalue weighted by atomic mass is 10.1. The molecule has 1 aromatic carbocycles. The highest BCUT2D eigenvalue weighted by Crippen LogP contribution is 2.31. The van der Waals surface area contributed by atoms with Crippen molar-refractivity contribution in [3.05, 3.63) is 58.4 Å². The van der Waals surface area contributed by atoms with Gasteiger partial charge in [-0.05, 0) is 23.8 Å². The summed E-state index contributed by atoms with van der Waals surface area (Å²) in [6.07, 6.45) is -3.65. The molecule has 2 rings (SSSR count). The van der Waals surface area contributed by atoms with E-state index in [1.165, 1.54) is 24.3 Å². The fraction of sp³-hybridized carbons (Fsp3) is 0.267. The minimum absolute atomic E-state index is 0.0522. The van der Waals surface area contributed by atoms with E-state index in [4.69, 9.17) is 11.6 Å². The lowest BCUT2D eigenvalue weighted by Gasteiger charge is -2.10. The minimum atomic E-state index is -4.52. The Bertz CT molecular complexity index is 840. The van der Waals surface area contributed by atoms with Crippen molar-refractivity contribution in [2.75, 3.05) is 6.54 Å². The topological polar surface area (TPSA) is 68.3 Å². The van der Waals surface area contributed by atoms with Gasteiger partial charge in [0, 0.05) is 19.2 Å². The summed E-state index contributed by atoms with van der Waals surface area (Å²) in [5, 5.41) is -0.109. The van der Waals surface area contributed by atoms with Crippen molar-refractivity contribution in [2.24, 2.45) is 0 Å². The average molecular weight is 395 g/mol. The van der Waals surface area contributed by atoms with E-state index in [0.29, 0.717) is 18.3 Å². The summed E-state index contributed by atoms with van der Waals surface area (Å²) in [5.41, 5.74) is 2.23. The van der Waals surface area contributed by atoms with Gasteiger partial charge in [-0.3, -0.25) is 4.98 Å². The summed E-state index contributed by atoms with van der Waals surface area (Å²) in [5.74, 6) is 0. The van der Waals surface area contributed by atoms with E-state index >= 15 is 0 Å². The number of aromatic nitrogens is 1. The predicted molar refractivity (Wildman–Crippen MR) is 85.4 cm³/mol. The maximum Gasteiger partial charge on any atom is 0.417 e. The monoisotopic (exact) mass is 394 g/mol. The molecular formula is C15H14ClF3N2O3S. The number of pyridine rings is 1. The van der Waals surface area contributed by atoms with Gasteiger partial charge >= 0.3 is 16.3 Å². The van der Waals surface area contributed by atoms with Crippen LogP contribution in [0.4, 0.5) is 13.2 Å². The van der Waals surface area contributed by atoms with Gasteiger partial charge in [-0.2, -0.15) is 31.4 Å². The molecule has 0 aliphatic rings. The van der Waals surface area contributed by atoms with Crippen molar-refractivity contribution in [3.8, 4) is 0 Å². The first-order chi connectivity index (χ1) is 11.6. The highest BCUT2D eigenvalue weighted by Gasteiger charge is 2.31. The molecule has 0 radical (unpaired) electrons. The molecule has 0 saturated carbocycles. The summed E-state index contributed by atoms with van der Waals surface area (Å²) in [6, 6.07) is 6.50. The number of hydrogen-bond donors (Lipinski definition) is 1. The van der Waals surface area contributed by atoms with Crippen LogP contribution in [0.2, 0.25) is 5.02 Å². The van der Waals surface area contributed by atoms with Crippen LogP contribution in [-0.2, 0) is 27.0 Å². The zero-order chi connectivity index (χ0) is 18.7. The van der Waals surface area contributed by atoms with Crippen molar-refractivity contribution in [3.63, 3.8) is 0 Å². The highest BCUT2D eigenvalue weighted by molar-refractivity contribution is 7.86. The first-order valence-electron chi connectivity index (χ1n) is 7.10. The van der Waals surface area contributed by atoms with Crippen molar-refractivity contribution in [1.29, 1.82) is 0 Å². The molecule has 0 spiro atoms. The summed E-state index contributed by atoms with van der Waals surface area (Å²) in [4.78, 5) is 3.69. The second-order valence-electron chi connectivity index (χ2n) is 5.01. The Kier molecular flexibility index (Phi) is 6.04. The van der Waals surface area contributed by atoms with Crippen molar-refractivity contribution >= 4 is 21.7 Å². The van der Waals surface area contributed by atoms with E-state index in [9.17, 15) is 21.6 Å². The van der Waals surface area contributed by atoms with Crippen LogP contribution in [0.5, 0.6) is 0 Å². The maximum atomic E-state index is 12.6. The number of rotatable bonds is 6. The van der Waals surface area contributed by atoms with Gasteiger partial charge in [-0.15, -0.1) is 0 Å². The third kappa shape index (κ3) is 5.15. The van der Waals surface area contributed by atoms with E-state index in [2.05, 4.69) is 14.7 Å². The first kappa shape index (κ1) is 19.6. The van der Waals surface area contributed by atoms with Crippen LogP contribution >= 0.6 is 11.6 Å². The summed E-state index contributed by atoms with van der Waals surface area (Å²) < 4.78 is 66.0. The molecule has 0 amide bonds. The standard InChI is InChI=1S/C15H14ClF3N2O3S/c1-2-21-24-25(22,23)12-5-3-10(4-6-12)7-14-13(16)8-11(9-20-14)15(17,18)19/h3-6,8-9,21H,2,7H2,1H3. The molecule has 10 heteroatoms. The Labute approximate surface area is 147 Å². The Morgan fingerprint density at radius 2 is 1.88 bits per heavy atom. The van der Waals surface area contributed by atoms with Gasteiger partial charge in [0.05, 0.1) is 21.2 Å². The average Bonchev–Trinajstić information content (AvgIpc) is 2.54. The molecule has 136 valence electrons. The normalized spacial score (nSPS) is 12.4. The third-order valence-corrected chi connectivity index (χ3v) is 4.66. The number of benzene rings is 1. The SMILES string of the molecule is CCNOS(=O)(=O)c1ccc(Cc2ncc(C(F)(F)F)cc2Cl)cc1. The van der Waals surface area contributed by atoms with Crippen LogP contribution in [0.3, 0.4) is 0 Å². The molecule has 0 atom stereocenters. The van der Waals surface area contributed by atoms with Crippen LogP contribution in [0.1, 0.15) is 23.7 Å². The summed E-state index contributed by atoms with van der Waals surface area (Å²) in [6.45, 7) is 1.99. The quantitative estimate of drug-likeness (QED) is 0.758. The Morgan fingerprint density at radius 1 is 1.24 bits per heavy atom. The molecule has 1 heterocycles. The fourth-order valence-electron chi connectivity index (χ4n) is 1.90. The first-order valence-corrected chi connectivity index (χ1v) is 8.89. The van der Waals surface area contributed by atoms with Crippen LogP contribution in [0, 0.1) is 0 Å². The Morgan fingerprint density at radius 3 is 2.40 bits per heavy atom. The van der Waals surface area contributed by atoms with Gasteiger partial charge in [-0.25, -0.2) is 0 Å². The van der Waals surface area contributed by atoms with Gasteiger partial charge in [0.25, 0.3) is 0 Å². The number of nitrogens with zero attached hydrogens (tertiary/aromatic N) is 1. The van der Waals surface area contributed by atoms with Crippen molar-refractivity contribution in [1.82, 2.24) is 10.5 Å². The number of hydroxylamine groups is 1. The Balaban J connectivity index is 2.17. The summed E-state index contributed by atoms with van der Waals surface area (Å²) in [7, 11) is -3.92. The molecule has 0 saturated heterocycles. The zero-order valence-electron chi connectivity index (χ0n) is 13.0. The fourth-order valence-corrected chi connectivity index (χ4v) is 2.98. The molecule has 0 aliphatic carbocycles. The summed E-state index contributed by atoms with van der Waals surface area (Å²) >= 11 is 5.86. The van der Waals surface area contributed by atoms with Crippen molar-refractivity contribution in [2.45, 2.75) is 24.4 Å². The third-order valence-electron chi connectivity index (χ3n) is 3.14. The van der Waals surface area contributed by atoms with E-state index in [1.807, 2.05) is 0 Å². The van der Waals surface area contributed by atoms with Gasteiger partial charge in [0.1, 0.15) is 0 Å². The van der Waals surface area contributed by atoms with Crippen LogP contribution in [-0.4, -0.2) is 19.9 Å². The van der Waals surface area contributed by atoms with Gasteiger partial charge in [0.2, 0.25) is 0 Å². The van der Waals surface area contributed by atoms with Crippen molar-refractivity contribution < 1.29 is 25.9 Å². The largest absolute Gasteiger partial charge is 0.417 e. The molecule has 1 N–H and O–H groups in total. The van der Waals surface area contributed by atoms with E-state index in [0.717, 1.165) is 6.07 Å².